The van der Waals surface area contributed by atoms with E-state index in [1.165, 1.54) is 23.9 Å². The monoisotopic (exact) mass is 450 g/mol. The zero-order chi connectivity index (χ0) is 22.5. The third-order valence-electron chi connectivity index (χ3n) is 4.81. The molecule has 1 N–H and O–H groups in total. The van der Waals surface area contributed by atoms with Gasteiger partial charge >= 0.3 is 0 Å². The number of carbonyl (C=O) groups excluding carboxylic acids is 1. The Morgan fingerprint density at radius 2 is 1.72 bits per heavy atom. The van der Waals surface area contributed by atoms with Gasteiger partial charge in [0.15, 0.2) is 11.0 Å². The van der Waals surface area contributed by atoms with Crippen LogP contribution in [0.3, 0.4) is 0 Å². The van der Waals surface area contributed by atoms with E-state index in [1.54, 1.807) is 41.8 Å². The fourth-order valence-corrected chi connectivity index (χ4v) is 3.97. The average molecular weight is 451 g/mol. The molecule has 162 valence electrons. The zero-order valence-electron chi connectivity index (χ0n) is 17.3. The summed E-state index contributed by atoms with van der Waals surface area (Å²) in [5, 5.41) is 11.7. The molecule has 0 aliphatic heterocycles. The fourth-order valence-electron chi connectivity index (χ4n) is 3.19. The number of para-hydroxylation sites is 1. The van der Waals surface area contributed by atoms with Crippen LogP contribution >= 0.6 is 11.8 Å². The highest BCUT2D eigenvalue weighted by molar-refractivity contribution is 7.99. The number of hydrogen-bond acceptors (Lipinski definition) is 4. The van der Waals surface area contributed by atoms with Crippen LogP contribution in [0.2, 0.25) is 0 Å². The number of halogens is 2. The second-order valence-electron chi connectivity index (χ2n) is 7.11. The summed E-state index contributed by atoms with van der Waals surface area (Å²) in [4.78, 5) is 12.4. The van der Waals surface area contributed by atoms with Crippen molar-refractivity contribution in [3.05, 3.63) is 95.6 Å². The van der Waals surface area contributed by atoms with E-state index in [0.717, 1.165) is 11.3 Å². The quantitative estimate of drug-likeness (QED) is 0.406. The van der Waals surface area contributed by atoms with Crippen LogP contribution in [-0.2, 0) is 11.3 Å². The van der Waals surface area contributed by atoms with Gasteiger partial charge in [0.25, 0.3) is 0 Å². The molecule has 1 aromatic heterocycles. The number of aromatic nitrogens is 3. The Balaban J connectivity index is 1.51. The summed E-state index contributed by atoms with van der Waals surface area (Å²) in [5.41, 5.74) is 2.44. The minimum atomic E-state index is -0.402. The van der Waals surface area contributed by atoms with E-state index in [4.69, 9.17) is 0 Å². The molecule has 8 heteroatoms. The maximum Gasteiger partial charge on any atom is 0.230 e. The molecule has 0 saturated carbocycles. The highest BCUT2D eigenvalue weighted by Crippen LogP contribution is 2.29. The normalized spacial score (nSPS) is 10.8. The van der Waals surface area contributed by atoms with Crippen molar-refractivity contribution >= 4 is 17.7 Å². The molecule has 0 radical (unpaired) electrons. The number of carbonyl (C=O) groups is 1. The van der Waals surface area contributed by atoms with Crippen molar-refractivity contribution in [3.63, 3.8) is 0 Å². The second kappa shape index (κ2) is 9.74. The van der Waals surface area contributed by atoms with E-state index in [2.05, 4.69) is 15.5 Å². The van der Waals surface area contributed by atoms with E-state index in [0.29, 0.717) is 28.7 Å². The molecule has 1 heterocycles. The molecule has 4 aromatic rings. The van der Waals surface area contributed by atoms with E-state index >= 15 is 0 Å². The van der Waals surface area contributed by atoms with Gasteiger partial charge in [-0.05, 0) is 48.4 Å². The lowest BCUT2D eigenvalue weighted by atomic mass is 10.1. The number of nitrogens with zero attached hydrogens (tertiary/aromatic N) is 3. The van der Waals surface area contributed by atoms with Crippen LogP contribution < -0.4 is 5.32 Å². The first-order valence-electron chi connectivity index (χ1n) is 9.93. The standard InChI is InChI=1S/C24H20F2N4OS/c1-16-13-17(11-12-20(16)25)14-27-22(31)15-32-24-29-28-23(19-9-5-6-10-21(19)26)30(24)18-7-3-2-4-8-18/h2-13H,14-15H2,1H3,(H,27,31). The summed E-state index contributed by atoms with van der Waals surface area (Å²) < 4.78 is 29.6. The van der Waals surface area contributed by atoms with Crippen LogP contribution in [-0.4, -0.2) is 26.4 Å². The van der Waals surface area contributed by atoms with Crippen molar-refractivity contribution in [3.8, 4) is 17.1 Å². The molecule has 0 spiro atoms. The SMILES string of the molecule is Cc1cc(CNC(=O)CSc2nnc(-c3ccccc3F)n2-c2ccccc2)ccc1F. The van der Waals surface area contributed by atoms with Gasteiger partial charge < -0.3 is 5.32 Å². The van der Waals surface area contributed by atoms with Gasteiger partial charge in [-0.1, -0.05) is 54.2 Å². The summed E-state index contributed by atoms with van der Waals surface area (Å²) in [6.45, 7) is 1.98. The third kappa shape index (κ3) is 4.86. The predicted molar refractivity (Wildman–Crippen MR) is 120 cm³/mol. The largest absolute Gasteiger partial charge is 0.351 e. The first-order chi connectivity index (χ1) is 15.5. The molecular weight excluding hydrogens is 430 g/mol. The Bertz CT molecular complexity index is 1240. The topological polar surface area (TPSA) is 59.8 Å². The summed E-state index contributed by atoms with van der Waals surface area (Å²) >= 11 is 1.21. The van der Waals surface area contributed by atoms with Crippen molar-refractivity contribution in [1.82, 2.24) is 20.1 Å². The van der Waals surface area contributed by atoms with Gasteiger partial charge in [-0.2, -0.15) is 0 Å². The Morgan fingerprint density at radius 3 is 2.47 bits per heavy atom. The van der Waals surface area contributed by atoms with E-state index in [1.807, 2.05) is 30.3 Å². The van der Waals surface area contributed by atoms with Crippen LogP contribution in [0.5, 0.6) is 0 Å². The zero-order valence-corrected chi connectivity index (χ0v) is 18.1. The lowest BCUT2D eigenvalue weighted by Crippen LogP contribution is -2.24. The van der Waals surface area contributed by atoms with Gasteiger partial charge in [-0.15, -0.1) is 10.2 Å². The van der Waals surface area contributed by atoms with Gasteiger partial charge in [-0.3, -0.25) is 9.36 Å². The minimum Gasteiger partial charge on any atom is -0.351 e. The molecule has 5 nitrogen and oxygen atoms in total. The maximum absolute atomic E-state index is 14.4. The van der Waals surface area contributed by atoms with Gasteiger partial charge in [0, 0.05) is 12.2 Å². The molecule has 1 amide bonds. The van der Waals surface area contributed by atoms with Crippen molar-refractivity contribution < 1.29 is 13.6 Å². The van der Waals surface area contributed by atoms with Crippen molar-refractivity contribution in [1.29, 1.82) is 0 Å². The molecule has 3 aromatic carbocycles. The predicted octanol–water partition coefficient (Wildman–Crippen LogP) is 4.93. The van der Waals surface area contributed by atoms with Gasteiger partial charge in [0.2, 0.25) is 5.91 Å². The number of nitrogens with one attached hydrogen (secondary N) is 1. The number of benzene rings is 3. The Kier molecular flexibility index (Phi) is 6.61. The van der Waals surface area contributed by atoms with Crippen LogP contribution in [0.1, 0.15) is 11.1 Å². The van der Waals surface area contributed by atoms with Gasteiger partial charge in [-0.25, -0.2) is 8.78 Å². The Labute approximate surface area is 188 Å². The minimum absolute atomic E-state index is 0.0996. The highest BCUT2D eigenvalue weighted by atomic mass is 32.2. The molecule has 4 rings (SSSR count). The fraction of sp³-hybridized carbons (Fsp3) is 0.125. The number of hydrogen-bond donors (Lipinski definition) is 1. The first kappa shape index (κ1) is 21.7. The third-order valence-corrected chi connectivity index (χ3v) is 5.74. The molecular formula is C24H20F2N4OS. The average Bonchev–Trinajstić information content (AvgIpc) is 3.23. The molecule has 0 bridgehead atoms. The Hall–Kier alpha value is -3.52. The molecule has 0 aliphatic carbocycles. The first-order valence-corrected chi connectivity index (χ1v) is 10.9. The maximum atomic E-state index is 14.4. The van der Waals surface area contributed by atoms with E-state index in [-0.39, 0.29) is 17.5 Å². The van der Waals surface area contributed by atoms with Crippen molar-refractivity contribution in [2.24, 2.45) is 0 Å². The van der Waals surface area contributed by atoms with Crippen LogP contribution in [0, 0.1) is 18.6 Å². The summed E-state index contributed by atoms with van der Waals surface area (Å²) in [6.07, 6.45) is 0. The van der Waals surface area contributed by atoms with Gasteiger partial charge in [0.05, 0.1) is 11.3 Å². The molecule has 0 unspecified atom stereocenters. The lowest BCUT2D eigenvalue weighted by molar-refractivity contribution is -0.118. The summed E-state index contributed by atoms with van der Waals surface area (Å²) in [5.74, 6) is -0.420. The molecule has 0 saturated heterocycles. The number of thioether (sulfide) groups is 1. The van der Waals surface area contributed by atoms with Crippen molar-refractivity contribution in [2.75, 3.05) is 5.75 Å². The van der Waals surface area contributed by atoms with Crippen molar-refractivity contribution in [2.45, 2.75) is 18.6 Å². The molecule has 0 aliphatic rings. The van der Waals surface area contributed by atoms with Crippen LogP contribution in [0.4, 0.5) is 8.78 Å². The second-order valence-corrected chi connectivity index (χ2v) is 8.05. The van der Waals surface area contributed by atoms with Crippen LogP contribution in [0.15, 0.2) is 78.0 Å². The van der Waals surface area contributed by atoms with E-state index in [9.17, 15) is 13.6 Å². The summed E-state index contributed by atoms with van der Waals surface area (Å²) in [6, 6.07) is 20.5. The molecule has 0 atom stereocenters. The molecule has 32 heavy (non-hydrogen) atoms. The highest BCUT2D eigenvalue weighted by Gasteiger charge is 2.19. The lowest BCUT2D eigenvalue weighted by Gasteiger charge is -2.11. The summed E-state index contributed by atoms with van der Waals surface area (Å²) in [7, 11) is 0. The van der Waals surface area contributed by atoms with E-state index < -0.39 is 5.82 Å². The smallest absolute Gasteiger partial charge is 0.230 e. The number of amides is 1. The van der Waals surface area contributed by atoms with Gasteiger partial charge in [0.1, 0.15) is 11.6 Å². The number of aryl methyl sites for hydroxylation is 1. The Morgan fingerprint density at radius 1 is 0.969 bits per heavy atom. The number of rotatable bonds is 7. The van der Waals surface area contributed by atoms with Crippen LogP contribution in [0.25, 0.3) is 17.1 Å². The molecule has 0 fully saturated rings.